The summed E-state index contributed by atoms with van der Waals surface area (Å²) in [6.07, 6.45) is 3.53. The maximum absolute atomic E-state index is 13.9. The first-order chi connectivity index (χ1) is 16.6. The van der Waals surface area contributed by atoms with Crippen LogP contribution >= 0.6 is 0 Å². The molecule has 0 spiro atoms. The summed E-state index contributed by atoms with van der Waals surface area (Å²) >= 11 is 0. The second-order valence-electron chi connectivity index (χ2n) is 8.39. The van der Waals surface area contributed by atoms with Crippen LogP contribution < -0.4 is 5.32 Å². The van der Waals surface area contributed by atoms with E-state index < -0.39 is 53.0 Å². The summed E-state index contributed by atoms with van der Waals surface area (Å²) in [7, 11) is 1.75. The number of aliphatic hydroxyl groups excluding tert-OH is 1. The van der Waals surface area contributed by atoms with E-state index in [1.807, 2.05) is 0 Å². The first-order valence-corrected chi connectivity index (χ1v) is 10.7. The molecule has 35 heavy (non-hydrogen) atoms. The Balaban J connectivity index is 1.64. The number of carbonyl (C=O) groups is 3. The van der Waals surface area contributed by atoms with Gasteiger partial charge in [0.25, 0.3) is 11.8 Å². The van der Waals surface area contributed by atoms with Crippen molar-refractivity contribution in [3.63, 3.8) is 0 Å². The van der Waals surface area contributed by atoms with Gasteiger partial charge in [-0.05, 0) is 6.92 Å². The summed E-state index contributed by atoms with van der Waals surface area (Å²) in [6, 6.07) is 0.506. The number of benzene rings is 1. The highest BCUT2D eigenvalue weighted by atomic mass is 19.1. The lowest BCUT2D eigenvalue weighted by molar-refractivity contribution is -0.133. The molecule has 1 aromatic heterocycles. The number of aliphatic hydroxyl groups is 1. The minimum absolute atomic E-state index is 0.0986. The van der Waals surface area contributed by atoms with Crippen LogP contribution in [-0.2, 0) is 40.9 Å². The van der Waals surface area contributed by atoms with Crippen LogP contribution in [0.3, 0.4) is 0 Å². The predicted octanol–water partition coefficient (Wildman–Crippen LogP) is 1.60. The van der Waals surface area contributed by atoms with Gasteiger partial charge in [0.2, 0.25) is 0 Å². The fourth-order valence-electron chi connectivity index (χ4n) is 4.30. The van der Waals surface area contributed by atoms with Gasteiger partial charge < -0.3 is 20.2 Å². The number of nitrogens with zero attached hydrogens (tertiary/aromatic N) is 4. The third-order valence-electron chi connectivity index (χ3n) is 5.90. The summed E-state index contributed by atoms with van der Waals surface area (Å²) in [6.45, 7) is 1.23. The van der Waals surface area contributed by atoms with E-state index >= 15 is 0 Å². The Bertz CT molecular complexity index is 1260. The molecule has 0 saturated carbocycles. The monoisotopic (exact) mass is 489 g/mol. The lowest BCUT2D eigenvalue weighted by Gasteiger charge is -2.40. The van der Waals surface area contributed by atoms with Crippen LogP contribution in [0.2, 0.25) is 0 Å². The molecular formula is C23H22F3N5O4. The zero-order chi connectivity index (χ0) is 25.4. The van der Waals surface area contributed by atoms with Crippen molar-refractivity contribution in [2.45, 2.75) is 32.5 Å². The van der Waals surface area contributed by atoms with Crippen LogP contribution in [0.25, 0.3) is 0 Å². The van der Waals surface area contributed by atoms with Crippen LogP contribution in [0.1, 0.15) is 23.7 Å². The maximum atomic E-state index is 13.9. The van der Waals surface area contributed by atoms with E-state index in [0.717, 1.165) is 17.5 Å². The number of allylic oxidation sites excluding steroid dienone is 1. The van der Waals surface area contributed by atoms with Crippen molar-refractivity contribution in [2.75, 3.05) is 6.54 Å². The topological polar surface area (TPSA) is 108 Å². The van der Waals surface area contributed by atoms with Crippen molar-refractivity contribution in [2.24, 2.45) is 7.05 Å². The number of rotatable bonds is 5. The van der Waals surface area contributed by atoms with Gasteiger partial charge >= 0.3 is 0 Å². The highest BCUT2D eigenvalue weighted by molar-refractivity contribution is 6.10. The quantitative estimate of drug-likeness (QED) is 0.217. The summed E-state index contributed by atoms with van der Waals surface area (Å²) in [5.74, 6) is -5.25. The lowest BCUT2D eigenvalue weighted by Crippen LogP contribution is -2.52. The molecule has 2 N–H and O–H groups in total. The molecular weight excluding hydrogens is 467 g/mol. The number of nitrogens with one attached hydrogen (secondary N) is 1. The number of aldehydes is 1. The average molecular weight is 489 g/mol. The van der Waals surface area contributed by atoms with Gasteiger partial charge in [-0.3, -0.25) is 19.1 Å². The average Bonchev–Trinajstić information content (AvgIpc) is 3.03. The standard InChI is InChI=1S/C23H22F3N5O4/c1-12(33)21-23(35)30-8-13-7-29(2)28-20(13)5-16(10-30)31(21)9-14(11-32)22(34)27-6-17-18(25)3-15(24)4-19(17)26/h3-4,7,9,11,16,33H,5-6,8,10H2,1-2H3,(H,27,34)/b14-9+,21-12+/t16-/m0/s1. The van der Waals surface area contributed by atoms with Crippen molar-refractivity contribution >= 4 is 18.1 Å². The highest BCUT2D eigenvalue weighted by Crippen LogP contribution is 2.31. The fraction of sp³-hybridized carbons (Fsp3) is 0.304. The van der Waals surface area contributed by atoms with Crippen LogP contribution in [0.4, 0.5) is 13.2 Å². The van der Waals surface area contributed by atoms with Gasteiger partial charge in [-0.25, -0.2) is 13.2 Å². The molecule has 2 aliphatic rings. The van der Waals surface area contributed by atoms with E-state index in [2.05, 4.69) is 10.4 Å². The van der Waals surface area contributed by atoms with Gasteiger partial charge in [0.1, 0.15) is 28.9 Å². The Morgan fingerprint density at radius 3 is 2.60 bits per heavy atom. The SMILES string of the molecule is C/C(O)=C1/C(=O)N2Cc3cn(C)nc3C[C@@H](C2)N1/C=C(\C=O)C(=O)NCc1c(F)cc(F)cc1F. The van der Waals surface area contributed by atoms with Crippen molar-refractivity contribution in [1.29, 1.82) is 0 Å². The van der Waals surface area contributed by atoms with Crippen LogP contribution in [0, 0.1) is 17.5 Å². The van der Waals surface area contributed by atoms with E-state index in [1.54, 1.807) is 22.8 Å². The Labute approximate surface area is 198 Å². The zero-order valence-electron chi connectivity index (χ0n) is 18.9. The molecule has 184 valence electrons. The summed E-state index contributed by atoms with van der Waals surface area (Å²) in [4.78, 5) is 40.5. The molecule has 2 amide bonds. The second-order valence-corrected chi connectivity index (χ2v) is 8.39. The zero-order valence-corrected chi connectivity index (χ0v) is 18.9. The molecule has 2 bridgehead atoms. The van der Waals surface area contributed by atoms with E-state index in [-0.39, 0.29) is 24.3 Å². The number of fused-ring (bicyclic) bond motifs is 3. The van der Waals surface area contributed by atoms with E-state index in [9.17, 15) is 32.7 Å². The third-order valence-corrected chi connectivity index (χ3v) is 5.90. The lowest BCUT2D eigenvalue weighted by atomic mass is 10.0. The van der Waals surface area contributed by atoms with Crippen molar-refractivity contribution in [1.82, 2.24) is 24.9 Å². The van der Waals surface area contributed by atoms with Crippen LogP contribution in [0.15, 0.2) is 41.6 Å². The van der Waals surface area contributed by atoms with Gasteiger partial charge in [-0.15, -0.1) is 0 Å². The first-order valence-electron chi connectivity index (χ1n) is 10.7. The maximum Gasteiger partial charge on any atom is 0.274 e. The Hall–Kier alpha value is -4.09. The van der Waals surface area contributed by atoms with Crippen molar-refractivity contribution in [3.8, 4) is 0 Å². The van der Waals surface area contributed by atoms with E-state index in [1.165, 1.54) is 11.8 Å². The van der Waals surface area contributed by atoms with Crippen LogP contribution in [-0.4, -0.2) is 55.4 Å². The number of amides is 2. The van der Waals surface area contributed by atoms with Gasteiger partial charge in [-0.1, -0.05) is 0 Å². The van der Waals surface area contributed by atoms with Crippen molar-refractivity contribution < 1.29 is 32.7 Å². The molecule has 2 aromatic rings. The molecule has 1 atom stereocenters. The van der Waals surface area contributed by atoms with Gasteiger partial charge in [0.05, 0.1) is 17.3 Å². The number of aromatic nitrogens is 2. The molecule has 9 nitrogen and oxygen atoms in total. The van der Waals surface area contributed by atoms with Gasteiger partial charge in [0, 0.05) is 68.8 Å². The number of hydrogen-bond acceptors (Lipinski definition) is 6. The first kappa shape index (κ1) is 24.0. The molecule has 12 heteroatoms. The molecule has 1 saturated heterocycles. The van der Waals surface area contributed by atoms with Crippen LogP contribution in [0.5, 0.6) is 0 Å². The number of hydrogen-bond donors (Lipinski definition) is 2. The molecule has 1 fully saturated rings. The summed E-state index contributed by atoms with van der Waals surface area (Å²) in [5.41, 5.74) is 0.465. The molecule has 0 unspecified atom stereocenters. The normalized spacial score (nSPS) is 19.3. The van der Waals surface area contributed by atoms with E-state index in [0.29, 0.717) is 25.1 Å². The Morgan fingerprint density at radius 1 is 1.29 bits per heavy atom. The molecule has 1 aromatic carbocycles. The molecule has 2 aliphatic heterocycles. The Kier molecular flexibility index (Phi) is 6.37. The third kappa shape index (κ3) is 4.63. The molecule has 0 aliphatic carbocycles. The largest absolute Gasteiger partial charge is 0.510 e. The number of carbonyl (C=O) groups excluding carboxylic acids is 3. The highest BCUT2D eigenvalue weighted by Gasteiger charge is 2.40. The summed E-state index contributed by atoms with van der Waals surface area (Å²) in [5, 5.41) is 16.9. The number of aryl methyl sites for hydroxylation is 1. The van der Waals surface area contributed by atoms with Gasteiger partial charge in [-0.2, -0.15) is 5.10 Å². The minimum atomic E-state index is -1.19. The smallest absolute Gasteiger partial charge is 0.274 e. The fourth-order valence-corrected chi connectivity index (χ4v) is 4.30. The Morgan fingerprint density at radius 2 is 1.97 bits per heavy atom. The van der Waals surface area contributed by atoms with E-state index in [4.69, 9.17) is 0 Å². The predicted molar refractivity (Wildman–Crippen MR) is 116 cm³/mol. The minimum Gasteiger partial charge on any atom is -0.510 e. The second kappa shape index (κ2) is 9.28. The van der Waals surface area contributed by atoms with Gasteiger partial charge in [0.15, 0.2) is 6.29 Å². The summed E-state index contributed by atoms with van der Waals surface area (Å²) < 4.78 is 42.5. The van der Waals surface area contributed by atoms with Crippen molar-refractivity contribution in [3.05, 3.63) is 75.8 Å². The molecule has 4 rings (SSSR count). The number of halogens is 3. The molecule has 3 heterocycles. The molecule has 0 radical (unpaired) electrons. The number of piperazine rings is 1.